The number of nitrogens with one attached hydrogen (secondary N) is 2. The Labute approximate surface area is 184 Å². The number of carbonyl (C=O) groups excluding carboxylic acids is 2. The molecule has 1 heterocycles. The lowest BCUT2D eigenvalue weighted by atomic mass is 10.0. The van der Waals surface area contributed by atoms with Gasteiger partial charge in [-0.15, -0.1) is 0 Å². The van der Waals surface area contributed by atoms with Crippen molar-refractivity contribution in [3.05, 3.63) is 59.2 Å². The van der Waals surface area contributed by atoms with E-state index in [1.165, 1.54) is 0 Å². The molecular weight excluding hydrogens is 392 g/mol. The Morgan fingerprint density at radius 1 is 1.00 bits per heavy atom. The average molecular weight is 425 g/mol. The maximum absolute atomic E-state index is 12.5. The smallest absolute Gasteiger partial charge is 0.313 e. The summed E-state index contributed by atoms with van der Waals surface area (Å²) in [6.45, 7) is 7.21. The molecule has 2 N–H and O–H groups in total. The van der Waals surface area contributed by atoms with Gasteiger partial charge in [0.25, 0.3) is 0 Å². The molecule has 0 aliphatic carbocycles. The summed E-state index contributed by atoms with van der Waals surface area (Å²) in [7, 11) is 4.01. The zero-order valence-corrected chi connectivity index (χ0v) is 18.8. The molecule has 1 aliphatic heterocycles. The van der Waals surface area contributed by atoms with Crippen LogP contribution in [0.3, 0.4) is 0 Å². The molecule has 3 rings (SSSR count). The lowest BCUT2D eigenvalue weighted by Gasteiger charge is -2.35. The van der Waals surface area contributed by atoms with E-state index in [2.05, 4.69) is 39.8 Å². The van der Waals surface area contributed by atoms with Crippen LogP contribution in [-0.4, -0.2) is 63.7 Å². The number of amides is 2. The number of nitrogens with zero attached hydrogens (tertiary/aromatic N) is 2. The third kappa shape index (κ3) is 6.06. The van der Waals surface area contributed by atoms with Crippen molar-refractivity contribution in [3.8, 4) is 0 Å². The lowest BCUT2D eigenvalue weighted by Crippen LogP contribution is -2.45. The average Bonchev–Trinajstić information content (AvgIpc) is 2.77. The Morgan fingerprint density at radius 2 is 1.68 bits per heavy atom. The maximum atomic E-state index is 12.5. The van der Waals surface area contributed by atoms with Crippen molar-refractivity contribution in [2.24, 2.45) is 0 Å². The van der Waals surface area contributed by atoms with Gasteiger partial charge in [-0.05, 0) is 54.8 Å². The van der Waals surface area contributed by atoms with Crippen LogP contribution in [0, 0.1) is 13.8 Å². The van der Waals surface area contributed by atoms with Gasteiger partial charge in [-0.2, -0.15) is 0 Å². The molecule has 7 heteroatoms. The number of benzene rings is 2. The summed E-state index contributed by atoms with van der Waals surface area (Å²) in [5.74, 6) is -1.30. The minimum Gasteiger partial charge on any atom is -0.379 e. The van der Waals surface area contributed by atoms with Gasteiger partial charge in [-0.3, -0.25) is 14.5 Å². The molecule has 166 valence electrons. The van der Waals surface area contributed by atoms with Gasteiger partial charge in [0.2, 0.25) is 0 Å². The molecule has 1 aliphatic rings. The van der Waals surface area contributed by atoms with Crippen LogP contribution in [0.4, 0.5) is 11.4 Å². The van der Waals surface area contributed by atoms with Gasteiger partial charge in [-0.1, -0.05) is 18.2 Å². The van der Waals surface area contributed by atoms with E-state index in [0.29, 0.717) is 25.4 Å². The second kappa shape index (κ2) is 10.4. The van der Waals surface area contributed by atoms with Crippen LogP contribution in [0.15, 0.2) is 42.5 Å². The predicted molar refractivity (Wildman–Crippen MR) is 123 cm³/mol. The van der Waals surface area contributed by atoms with Crippen LogP contribution in [-0.2, 0) is 14.3 Å². The number of hydrogen-bond acceptors (Lipinski definition) is 5. The Kier molecular flexibility index (Phi) is 7.65. The number of rotatable bonds is 6. The van der Waals surface area contributed by atoms with Crippen LogP contribution in [0.5, 0.6) is 0 Å². The third-order valence-corrected chi connectivity index (χ3v) is 5.71. The molecule has 2 aromatic carbocycles. The molecule has 0 bridgehead atoms. The summed E-state index contributed by atoms with van der Waals surface area (Å²) >= 11 is 0. The van der Waals surface area contributed by atoms with Crippen LogP contribution in [0.25, 0.3) is 0 Å². The molecule has 1 atom stereocenters. The van der Waals surface area contributed by atoms with E-state index in [0.717, 1.165) is 35.5 Å². The maximum Gasteiger partial charge on any atom is 0.313 e. The largest absolute Gasteiger partial charge is 0.379 e. The molecule has 31 heavy (non-hydrogen) atoms. The molecule has 0 saturated carbocycles. The fourth-order valence-electron chi connectivity index (χ4n) is 3.62. The van der Waals surface area contributed by atoms with Gasteiger partial charge in [0.1, 0.15) is 0 Å². The van der Waals surface area contributed by atoms with Gasteiger partial charge in [-0.25, -0.2) is 0 Å². The normalized spacial score (nSPS) is 15.2. The first-order valence-corrected chi connectivity index (χ1v) is 10.6. The fraction of sp³-hybridized carbons (Fsp3) is 0.417. The molecule has 7 nitrogen and oxygen atoms in total. The molecule has 0 spiro atoms. The van der Waals surface area contributed by atoms with Gasteiger partial charge in [0, 0.05) is 45.1 Å². The van der Waals surface area contributed by atoms with Gasteiger partial charge in [0.15, 0.2) is 0 Å². The second-order valence-electron chi connectivity index (χ2n) is 8.11. The monoisotopic (exact) mass is 424 g/mol. The highest BCUT2D eigenvalue weighted by molar-refractivity contribution is 6.39. The van der Waals surface area contributed by atoms with Crippen molar-refractivity contribution >= 4 is 23.2 Å². The highest BCUT2D eigenvalue weighted by Gasteiger charge is 2.24. The van der Waals surface area contributed by atoms with Gasteiger partial charge >= 0.3 is 11.8 Å². The summed E-state index contributed by atoms with van der Waals surface area (Å²) in [5.41, 5.74) is 5.03. The van der Waals surface area contributed by atoms with E-state index in [1.54, 1.807) is 6.07 Å². The number of aryl methyl sites for hydroxylation is 2. The van der Waals surface area contributed by atoms with Crippen molar-refractivity contribution in [2.75, 3.05) is 57.2 Å². The summed E-state index contributed by atoms with van der Waals surface area (Å²) in [6, 6.07) is 13.9. The minimum atomic E-state index is -0.660. The Morgan fingerprint density at radius 3 is 2.29 bits per heavy atom. The zero-order chi connectivity index (χ0) is 22.4. The molecule has 1 fully saturated rings. The summed E-state index contributed by atoms with van der Waals surface area (Å²) in [5, 5.41) is 5.50. The Bertz CT molecular complexity index is 906. The molecule has 1 saturated heterocycles. The van der Waals surface area contributed by atoms with Crippen molar-refractivity contribution in [1.29, 1.82) is 0 Å². The highest BCUT2D eigenvalue weighted by Crippen LogP contribution is 2.24. The van der Waals surface area contributed by atoms with Gasteiger partial charge in [0.05, 0.1) is 19.3 Å². The predicted octanol–water partition coefficient (Wildman–Crippen LogP) is 2.50. The van der Waals surface area contributed by atoms with Crippen LogP contribution >= 0.6 is 0 Å². The molecule has 0 aromatic heterocycles. The van der Waals surface area contributed by atoms with Crippen LogP contribution in [0.2, 0.25) is 0 Å². The number of morpholine rings is 1. The Hall–Kier alpha value is -2.90. The molecule has 2 amide bonds. The number of carbonyl (C=O) groups is 2. The quantitative estimate of drug-likeness (QED) is 0.697. The SMILES string of the molecule is Cc1ccc(NC(=O)C(=O)NC[C@@H](c2ccc(N(C)C)cc2)N2CCOCC2)cc1C. The van der Waals surface area contributed by atoms with Crippen molar-refractivity contribution in [1.82, 2.24) is 10.2 Å². The summed E-state index contributed by atoms with van der Waals surface area (Å²) < 4.78 is 5.48. The second-order valence-corrected chi connectivity index (χ2v) is 8.11. The van der Waals surface area contributed by atoms with E-state index in [1.807, 2.05) is 45.0 Å². The fourth-order valence-corrected chi connectivity index (χ4v) is 3.62. The molecule has 0 radical (unpaired) electrons. The summed E-state index contributed by atoms with van der Waals surface area (Å²) in [4.78, 5) is 29.2. The number of hydrogen-bond donors (Lipinski definition) is 2. The van der Waals surface area contributed by atoms with Crippen LogP contribution in [0.1, 0.15) is 22.7 Å². The van der Waals surface area contributed by atoms with E-state index < -0.39 is 11.8 Å². The first kappa shape index (κ1) is 22.8. The highest BCUT2D eigenvalue weighted by atomic mass is 16.5. The minimum absolute atomic E-state index is 0.0292. The zero-order valence-electron chi connectivity index (χ0n) is 18.8. The van der Waals surface area contributed by atoms with E-state index >= 15 is 0 Å². The van der Waals surface area contributed by atoms with Crippen LogP contribution < -0.4 is 15.5 Å². The molecule has 0 unspecified atom stereocenters. The number of ether oxygens (including phenoxy) is 1. The summed E-state index contributed by atoms with van der Waals surface area (Å²) in [6.07, 6.45) is 0. The first-order valence-electron chi connectivity index (χ1n) is 10.6. The molecule has 2 aromatic rings. The van der Waals surface area contributed by atoms with Crippen molar-refractivity contribution < 1.29 is 14.3 Å². The molecular formula is C24H32N4O3. The number of anilines is 2. The topological polar surface area (TPSA) is 73.9 Å². The lowest BCUT2D eigenvalue weighted by molar-refractivity contribution is -0.136. The van der Waals surface area contributed by atoms with Gasteiger partial charge < -0.3 is 20.3 Å². The standard InChI is InChI=1S/C24H32N4O3/c1-17-5-8-20(15-18(17)2)26-24(30)23(29)25-16-22(28-11-13-31-14-12-28)19-6-9-21(10-7-19)27(3)4/h5-10,15,22H,11-14,16H2,1-4H3,(H,25,29)(H,26,30)/t22-/m0/s1. The van der Waals surface area contributed by atoms with E-state index in [4.69, 9.17) is 4.74 Å². The third-order valence-electron chi connectivity index (χ3n) is 5.71. The first-order chi connectivity index (χ1) is 14.8. The Balaban J connectivity index is 1.66. The van der Waals surface area contributed by atoms with Crippen molar-refractivity contribution in [3.63, 3.8) is 0 Å². The van der Waals surface area contributed by atoms with E-state index in [-0.39, 0.29) is 6.04 Å². The van der Waals surface area contributed by atoms with Crippen molar-refractivity contribution in [2.45, 2.75) is 19.9 Å². The van der Waals surface area contributed by atoms with E-state index in [9.17, 15) is 9.59 Å².